The number of carboxylic acids is 2. The molecule has 144 valence electrons. The van der Waals surface area contributed by atoms with E-state index >= 15 is 0 Å². The van der Waals surface area contributed by atoms with Crippen molar-refractivity contribution in [3.05, 3.63) is 71.8 Å². The van der Waals surface area contributed by atoms with E-state index < -0.39 is 31.9 Å². The second-order valence-corrected chi connectivity index (χ2v) is 6.72. The molecule has 0 unspecified atom stereocenters. The zero-order valence-electron chi connectivity index (χ0n) is 15.9. The molecular weight excluding hydrogens is 384 g/mol. The first-order valence-electron chi connectivity index (χ1n) is 8.33. The molecule has 0 bridgehead atoms. The van der Waals surface area contributed by atoms with Crippen LogP contribution in [0.2, 0.25) is 0 Å². The summed E-state index contributed by atoms with van der Waals surface area (Å²) in [5, 5.41) is 20.2. The minimum absolute atomic E-state index is 0.220. The molecule has 0 aliphatic rings. The molecule has 0 heterocycles. The van der Waals surface area contributed by atoms with Crippen molar-refractivity contribution in [2.75, 3.05) is 0 Å². The largest absolute Gasteiger partial charge is 0.545 e. The summed E-state index contributed by atoms with van der Waals surface area (Å²) >= 11 is -0.574. The van der Waals surface area contributed by atoms with E-state index in [9.17, 15) is 19.8 Å². The van der Waals surface area contributed by atoms with Crippen molar-refractivity contribution < 1.29 is 46.4 Å². The molecule has 2 rings (SSSR count). The Morgan fingerprint density at radius 3 is 1.19 bits per heavy atom. The number of carbonyl (C=O) groups is 2. The molecule has 6 nitrogen and oxygen atoms in total. The molecule has 2 aromatic carbocycles. The van der Waals surface area contributed by atoms with Gasteiger partial charge in [-0.1, -0.05) is 60.7 Å². The molecule has 0 radical (unpaired) electrons. The molecule has 0 aliphatic heterocycles. The number of carboxylic acid groups (broad SMARTS) is 2. The predicted octanol–water partition coefficient (Wildman–Crippen LogP) is 1.85. The first-order chi connectivity index (χ1) is 12.7. The van der Waals surface area contributed by atoms with E-state index in [0.717, 1.165) is 0 Å². The average Bonchev–Trinajstić information content (AvgIpc) is 2.63. The average molecular weight is 408 g/mol. The van der Waals surface area contributed by atoms with Crippen molar-refractivity contribution >= 4 is 11.9 Å². The smallest absolute Gasteiger partial charge is 0.0715 e. The molecule has 0 saturated heterocycles. The van der Waals surface area contributed by atoms with Crippen LogP contribution in [0.15, 0.2) is 60.7 Å². The topological polar surface area (TPSA) is 98.7 Å². The van der Waals surface area contributed by atoms with E-state index in [0.29, 0.717) is 12.2 Å². The van der Waals surface area contributed by atoms with Crippen LogP contribution in [0.4, 0.5) is 0 Å². The summed E-state index contributed by atoms with van der Waals surface area (Å²) in [4.78, 5) is 20.2. The first-order valence-corrected chi connectivity index (χ1v) is 9.60. The van der Waals surface area contributed by atoms with Gasteiger partial charge in [-0.25, -0.2) is 0 Å². The first kappa shape index (κ1) is 25.0. The fraction of sp³-hybridized carbons (Fsp3) is 0.300. The fourth-order valence-corrected chi connectivity index (χ4v) is 2.06. The summed E-state index contributed by atoms with van der Waals surface area (Å²) < 4.78 is 10.5. The van der Waals surface area contributed by atoms with Gasteiger partial charge in [0.15, 0.2) is 0 Å². The van der Waals surface area contributed by atoms with E-state index in [4.69, 9.17) is 6.64 Å². The van der Waals surface area contributed by atoms with Gasteiger partial charge in [-0.15, -0.1) is 0 Å². The monoisotopic (exact) mass is 408 g/mol. The Bertz CT molecular complexity index is 587. The van der Waals surface area contributed by atoms with Gasteiger partial charge in [-0.05, 0) is 11.1 Å². The number of rotatable bonds is 6. The Labute approximate surface area is 170 Å². The quantitative estimate of drug-likeness (QED) is 0.677. The summed E-state index contributed by atoms with van der Waals surface area (Å²) in [6, 6.07) is 16.1. The summed E-state index contributed by atoms with van der Waals surface area (Å²) in [5.41, 5.74) is 0.440. The number of benzene rings is 2. The third-order valence-electron chi connectivity index (χ3n) is 2.59. The fourth-order valence-electron chi connectivity index (χ4n) is 1.37. The van der Waals surface area contributed by atoms with Crippen LogP contribution in [0.5, 0.6) is 0 Å². The number of carbonyl (C=O) groups excluding carboxylic acids is 2. The molecule has 0 aromatic heterocycles. The van der Waals surface area contributed by atoms with Crippen molar-refractivity contribution in [3.63, 3.8) is 0 Å². The summed E-state index contributed by atoms with van der Waals surface area (Å²) in [7, 11) is 0. The number of hydrogen-bond donors (Lipinski definition) is 0. The summed E-state index contributed by atoms with van der Waals surface area (Å²) in [6.07, 6.45) is 0.646. The van der Waals surface area contributed by atoms with Gasteiger partial charge in [0.2, 0.25) is 0 Å². The third kappa shape index (κ3) is 14.8. The van der Waals surface area contributed by atoms with Gasteiger partial charge in [-0.3, -0.25) is 0 Å². The maximum Gasteiger partial charge on any atom is 0.0715 e. The van der Waals surface area contributed by atoms with Crippen LogP contribution in [-0.4, -0.2) is 24.1 Å². The van der Waals surface area contributed by atoms with Crippen LogP contribution in [0.3, 0.4) is 0 Å². The molecule has 0 amide bonds. The summed E-state index contributed by atoms with van der Waals surface area (Å²) in [5.74, 6) is -2.26. The van der Waals surface area contributed by atoms with Crippen LogP contribution < -0.4 is 10.2 Å². The van der Waals surface area contributed by atoms with Crippen molar-refractivity contribution in [2.24, 2.45) is 0 Å². The van der Waals surface area contributed by atoms with Crippen LogP contribution in [-0.2, 0) is 26.6 Å². The Balaban J connectivity index is 0.000000376. The van der Waals surface area contributed by atoms with E-state index in [2.05, 4.69) is 0 Å². The maximum absolute atomic E-state index is 10.1. The SMILES string of the molecule is CC(C)[O][Ti+2][O]C(C)C.O=C([O-])c1ccccc1.O=C([O-])c1ccccc1. The number of hydrogen-bond acceptors (Lipinski definition) is 6. The Kier molecular flexibility index (Phi) is 14.0. The molecule has 0 saturated carbocycles. The predicted molar refractivity (Wildman–Crippen MR) is 94.0 cm³/mol. The molecule has 7 heteroatoms. The van der Waals surface area contributed by atoms with E-state index in [-0.39, 0.29) is 11.1 Å². The second-order valence-electron chi connectivity index (χ2n) is 5.72. The van der Waals surface area contributed by atoms with Gasteiger partial charge in [0, 0.05) is 0 Å². The molecule has 0 N–H and O–H groups in total. The molecular formula is C20H24O6Ti. The van der Waals surface area contributed by atoms with E-state index in [1.165, 1.54) is 24.3 Å². The normalized spacial score (nSPS) is 9.41. The Morgan fingerprint density at radius 2 is 1.00 bits per heavy atom. The van der Waals surface area contributed by atoms with Crippen molar-refractivity contribution in [1.82, 2.24) is 0 Å². The van der Waals surface area contributed by atoms with Crippen LogP contribution >= 0.6 is 0 Å². The minimum atomic E-state index is -1.13. The third-order valence-corrected chi connectivity index (χ3v) is 4.36. The van der Waals surface area contributed by atoms with Gasteiger partial charge in [-0.2, -0.15) is 0 Å². The molecule has 0 aliphatic carbocycles. The van der Waals surface area contributed by atoms with Crippen LogP contribution in [0.1, 0.15) is 48.4 Å². The van der Waals surface area contributed by atoms with Crippen LogP contribution in [0.25, 0.3) is 0 Å². The zero-order chi connectivity index (χ0) is 20.7. The van der Waals surface area contributed by atoms with Gasteiger partial charge in [0.1, 0.15) is 0 Å². The standard InChI is InChI=1S/2C7H6O2.2C3H7O.Ti/c2*8-7(9)6-4-2-1-3-5-6;2*1-3(2)4;/h2*1-5H,(H,8,9);2*3H,1-2H3;/q;;2*-1;+4/p-2. The van der Waals surface area contributed by atoms with E-state index in [1.54, 1.807) is 36.4 Å². The van der Waals surface area contributed by atoms with Gasteiger partial charge < -0.3 is 19.8 Å². The molecule has 27 heavy (non-hydrogen) atoms. The molecule has 2 aromatic rings. The van der Waals surface area contributed by atoms with Gasteiger partial charge in [0.05, 0.1) is 11.9 Å². The molecule has 0 spiro atoms. The summed E-state index contributed by atoms with van der Waals surface area (Å²) in [6.45, 7) is 8.08. The van der Waals surface area contributed by atoms with Crippen molar-refractivity contribution in [2.45, 2.75) is 39.9 Å². The molecule has 0 atom stereocenters. The maximum atomic E-state index is 10.1. The van der Waals surface area contributed by atoms with E-state index in [1.807, 2.05) is 27.7 Å². The second kappa shape index (κ2) is 15.1. The molecule has 0 fully saturated rings. The van der Waals surface area contributed by atoms with Crippen molar-refractivity contribution in [1.29, 1.82) is 0 Å². The van der Waals surface area contributed by atoms with Crippen molar-refractivity contribution in [3.8, 4) is 0 Å². The minimum Gasteiger partial charge on any atom is -0.545 e. The van der Waals surface area contributed by atoms with Gasteiger partial charge >= 0.3 is 66.5 Å². The zero-order valence-corrected chi connectivity index (χ0v) is 17.4. The van der Waals surface area contributed by atoms with Gasteiger partial charge in [0.25, 0.3) is 0 Å². The Morgan fingerprint density at radius 1 is 0.704 bits per heavy atom. The number of aromatic carboxylic acids is 2. The van der Waals surface area contributed by atoms with Crippen LogP contribution in [0, 0.1) is 0 Å². The Hall–Kier alpha value is -1.99.